The van der Waals surface area contributed by atoms with Crippen molar-refractivity contribution in [3.05, 3.63) is 24.3 Å². The third kappa shape index (κ3) is 3.05. The van der Waals surface area contributed by atoms with Gasteiger partial charge in [0.1, 0.15) is 0 Å². The fourth-order valence-electron chi connectivity index (χ4n) is 2.37. The topological polar surface area (TPSA) is 64.0 Å². The molecule has 1 aromatic rings. The minimum atomic E-state index is -0.561. The van der Waals surface area contributed by atoms with Crippen LogP contribution >= 0.6 is 0 Å². The molecule has 1 saturated heterocycles. The van der Waals surface area contributed by atoms with Crippen molar-refractivity contribution in [2.45, 2.75) is 19.4 Å². The van der Waals surface area contributed by atoms with E-state index in [9.17, 15) is 9.90 Å². The van der Waals surface area contributed by atoms with Crippen LogP contribution in [0.2, 0.25) is 0 Å². The average molecular weight is 264 g/mol. The maximum absolute atomic E-state index is 11.7. The SMILES string of the molecule is CCN(CCO)c1ccc(N2CC(O)CC2=O)cc1. The molecule has 1 fully saturated rings. The third-order valence-electron chi connectivity index (χ3n) is 3.38. The molecule has 0 saturated carbocycles. The van der Waals surface area contributed by atoms with E-state index >= 15 is 0 Å². The van der Waals surface area contributed by atoms with E-state index in [1.165, 1.54) is 0 Å². The summed E-state index contributed by atoms with van der Waals surface area (Å²) in [6.45, 7) is 3.93. The summed E-state index contributed by atoms with van der Waals surface area (Å²) in [5.74, 6) is -0.0389. The van der Waals surface area contributed by atoms with Gasteiger partial charge in [-0.25, -0.2) is 0 Å². The van der Waals surface area contributed by atoms with Crippen molar-refractivity contribution in [2.24, 2.45) is 0 Å². The lowest BCUT2D eigenvalue weighted by Gasteiger charge is -2.23. The van der Waals surface area contributed by atoms with Crippen LogP contribution in [0.5, 0.6) is 0 Å². The molecule has 0 aromatic heterocycles. The van der Waals surface area contributed by atoms with Gasteiger partial charge in [-0.3, -0.25) is 4.79 Å². The lowest BCUT2D eigenvalue weighted by Crippen LogP contribution is -2.27. The first-order chi connectivity index (χ1) is 9.15. The smallest absolute Gasteiger partial charge is 0.229 e. The van der Waals surface area contributed by atoms with Crippen molar-refractivity contribution >= 4 is 17.3 Å². The van der Waals surface area contributed by atoms with Crippen molar-refractivity contribution in [1.82, 2.24) is 0 Å². The number of hydrogen-bond donors (Lipinski definition) is 2. The van der Waals surface area contributed by atoms with Gasteiger partial charge >= 0.3 is 0 Å². The molecular formula is C14H20N2O3. The van der Waals surface area contributed by atoms with Gasteiger partial charge in [-0.05, 0) is 31.2 Å². The van der Waals surface area contributed by atoms with Crippen LogP contribution in [-0.2, 0) is 4.79 Å². The van der Waals surface area contributed by atoms with Gasteiger partial charge in [0.15, 0.2) is 0 Å². The summed E-state index contributed by atoms with van der Waals surface area (Å²) < 4.78 is 0. The van der Waals surface area contributed by atoms with Crippen molar-refractivity contribution in [2.75, 3.05) is 36.0 Å². The molecular weight excluding hydrogens is 244 g/mol. The summed E-state index contributed by atoms with van der Waals surface area (Å²) in [6.07, 6.45) is -0.360. The quantitative estimate of drug-likeness (QED) is 0.817. The zero-order chi connectivity index (χ0) is 13.8. The molecule has 1 heterocycles. The van der Waals surface area contributed by atoms with Gasteiger partial charge in [0.05, 0.1) is 25.7 Å². The van der Waals surface area contributed by atoms with Crippen molar-refractivity contribution in [3.63, 3.8) is 0 Å². The minimum Gasteiger partial charge on any atom is -0.395 e. The average Bonchev–Trinajstić information content (AvgIpc) is 2.75. The number of carbonyl (C=O) groups is 1. The molecule has 0 spiro atoms. The maximum atomic E-state index is 11.7. The highest BCUT2D eigenvalue weighted by Gasteiger charge is 2.28. The zero-order valence-electron chi connectivity index (χ0n) is 11.1. The van der Waals surface area contributed by atoms with Gasteiger partial charge in [-0.15, -0.1) is 0 Å². The molecule has 1 aliphatic rings. The van der Waals surface area contributed by atoms with Crippen LogP contribution in [0.1, 0.15) is 13.3 Å². The monoisotopic (exact) mass is 264 g/mol. The van der Waals surface area contributed by atoms with E-state index in [1.807, 2.05) is 31.2 Å². The number of nitrogens with zero attached hydrogens (tertiary/aromatic N) is 2. The molecule has 0 bridgehead atoms. The van der Waals surface area contributed by atoms with Crippen LogP contribution in [0, 0.1) is 0 Å². The molecule has 19 heavy (non-hydrogen) atoms. The molecule has 1 aliphatic heterocycles. The second kappa shape index (κ2) is 6.04. The number of likely N-dealkylation sites (N-methyl/N-ethyl adjacent to an activating group) is 1. The number of aliphatic hydroxyl groups excluding tert-OH is 2. The highest BCUT2D eigenvalue weighted by Crippen LogP contribution is 2.24. The Hall–Kier alpha value is -1.59. The summed E-state index contributed by atoms with van der Waals surface area (Å²) in [6, 6.07) is 7.63. The molecule has 0 radical (unpaired) electrons. The summed E-state index contributed by atoms with van der Waals surface area (Å²) in [5, 5.41) is 18.5. The predicted molar refractivity (Wildman–Crippen MR) is 74.4 cm³/mol. The number of benzene rings is 1. The molecule has 1 amide bonds. The number of β-amino-alcohol motifs (C(OH)–C–C–N with tert-alkyl or cyclic N) is 1. The summed E-state index contributed by atoms with van der Waals surface area (Å²) in [7, 11) is 0. The molecule has 1 aromatic carbocycles. The first kappa shape index (κ1) is 13.8. The Balaban J connectivity index is 2.12. The minimum absolute atomic E-state index is 0.0389. The lowest BCUT2D eigenvalue weighted by molar-refractivity contribution is -0.117. The van der Waals surface area contributed by atoms with Crippen molar-refractivity contribution in [3.8, 4) is 0 Å². The number of rotatable bonds is 5. The molecule has 0 aliphatic carbocycles. The highest BCUT2D eigenvalue weighted by molar-refractivity contribution is 5.96. The van der Waals surface area contributed by atoms with E-state index in [2.05, 4.69) is 4.90 Å². The number of carbonyl (C=O) groups excluding carboxylic acids is 1. The van der Waals surface area contributed by atoms with Gasteiger partial charge in [0.25, 0.3) is 0 Å². The molecule has 1 unspecified atom stereocenters. The second-order valence-electron chi connectivity index (χ2n) is 4.68. The summed E-state index contributed by atoms with van der Waals surface area (Å²) in [5.41, 5.74) is 1.83. The second-order valence-corrected chi connectivity index (χ2v) is 4.68. The van der Waals surface area contributed by atoms with Crippen molar-refractivity contribution in [1.29, 1.82) is 0 Å². The van der Waals surface area contributed by atoms with Gasteiger partial charge in [0.2, 0.25) is 5.91 Å². The lowest BCUT2D eigenvalue weighted by atomic mass is 10.2. The van der Waals surface area contributed by atoms with Crippen LogP contribution in [-0.4, -0.2) is 48.5 Å². The molecule has 104 valence electrons. The van der Waals surface area contributed by atoms with Gasteiger partial charge in [0, 0.05) is 24.5 Å². The Morgan fingerprint density at radius 3 is 2.53 bits per heavy atom. The van der Waals surface area contributed by atoms with Gasteiger partial charge < -0.3 is 20.0 Å². The normalized spacial score (nSPS) is 19.0. The third-order valence-corrected chi connectivity index (χ3v) is 3.38. The largest absolute Gasteiger partial charge is 0.395 e. The van der Waals surface area contributed by atoms with E-state index in [-0.39, 0.29) is 18.9 Å². The Bertz CT molecular complexity index is 433. The fourth-order valence-corrected chi connectivity index (χ4v) is 2.37. The molecule has 1 atom stereocenters. The molecule has 2 rings (SSSR count). The van der Waals surface area contributed by atoms with E-state index in [0.717, 1.165) is 17.9 Å². The summed E-state index contributed by atoms with van der Waals surface area (Å²) in [4.78, 5) is 15.4. The number of hydrogen-bond acceptors (Lipinski definition) is 4. The molecule has 2 N–H and O–H groups in total. The number of anilines is 2. The first-order valence-corrected chi connectivity index (χ1v) is 6.60. The number of amides is 1. The van der Waals surface area contributed by atoms with Gasteiger partial charge in [-0.1, -0.05) is 0 Å². The fraction of sp³-hybridized carbons (Fsp3) is 0.500. The van der Waals surface area contributed by atoms with Crippen LogP contribution in [0.25, 0.3) is 0 Å². The molecule has 5 nitrogen and oxygen atoms in total. The van der Waals surface area contributed by atoms with Crippen LogP contribution < -0.4 is 9.80 Å². The highest BCUT2D eigenvalue weighted by atomic mass is 16.3. The van der Waals surface area contributed by atoms with Crippen molar-refractivity contribution < 1.29 is 15.0 Å². The van der Waals surface area contributed by atoms with E-state index in [0.29, 0.717) is 13.1 Å². The van der Waals surface area contributed by atoms with E-state index in [1.54, 1.807) is 4.90 Å². The van der Waals surface area contributed by atoms with E-state index in [4.69, 9.17) is 5.11 Å². The van der Waals surface area contributed by atoms with Crippen LogP contribution in [0.15, 0.2) is 24.3 Å². The molecule has 5 heteroatoms. The Kier molecular flexibility index (Phi) is 4.39. The summed E-state index contributed by atoms with van der Waals surface area (Å²) >= 11 is 0. The van der Waals surface area contributed by atoms with Crippen LogP contribution in [0.3, 0.4) is 0 Å². The zero-order valence-corrected chi connectivity index (χ0v) is 11.1. The standard InChI is InChI=1S/C14H20N2O3/c1-2-15(7-8-17)11-3-5-12(6-4-11)16-10-13(18)9-14(16)19/h3-6,13,17-18H,2,7-10H2,1H3. The first-order valence-electron chi connectivity index (χ1n) is 6.60. The Morgan fingerprint density at radius 2 is 2.05 bits per heavy atom. The predicted octanol–water partition coefficient (Wildman–Crippen LogP) is 0.603. The maximum Gasteiger partial charge on any atom is 0.229 e. The Morgan fingerprint density at radius 1 is 1.37 bits per heavy atom. The number of aliphatic hydroxyl groups is 2. The Labute approximate surface area is 113 Å². The van der Waals surface area contributed by atoms with Gasteiger partial charge in [-0.2, -0.15) is 0 Å². The van der Waals surface area contributed by atoms with E-state index < -0.39 is 6.10 Å². The van der Waals surface area contributed by atoms with Crippen LogP contribution in [0.4, 0.5) is 11.4 Å².